The lowest BCUT2D eigenvalue weighted by atomic mass is 10.2. The third-order valence-corrected chi connectivity index (χ3v) is 4.40. The summed E-state index contributed by atoms with van der Waals surface area (Å²) in [6, 6.07) is 17.6. The van der Waals surface area contributed by atoms with E-state index in [1.807, 2.05) is 48.2 Å². The van der Waals surface area contributed by atoms with Crippen LogP contribution in [0.1, 0.15) is 18.4 Å². The summed E-state index contributed by atoms with van der Waals surface area (Å²) in [6.45, 7) is 0. The first kappa shape index (κ1) is 15.9. The van der Waals surface area contributed by atoms with Crippen LogP contribution in [0.15, 0.2) is 54.6 Å². The third kappa shape index (κ3) is 5.82. The van der Waals surface area contributed by atoms with Gasteiger partial charge in [-0.05, 0) is 29.9 Å². The lowest BCUT2D eigenvalue weighted by Crippen LogP contribution is -2.11. The van der Waals surface area contributed by atoms with Gasteiger partial charge in [0.2, 0.25) is 5.91 Å². The number of nitrogens with one attached hydrogen (secondary N) is 1. The van der Waals surface area contributed by atoms with Gasteiger partial charge in [0.15, 0.2) is 0 Å². The maximum absolute atomic E-state index is 11.8. The predicted molar refractivity (Wildman–Crippen MR) is 91.9 cm³/mol. The Bertz CT molecular complexity index is 574. The Labute approximate surface area is 134 Å². The number of carbonyl (C=O) groups excluding carboxylic acids is 1. The van der Waals surface area contributed by atoms with Gasteiger partial charge in [-0.2, -0.15) is 11.8 Å². The summed E-state index contributed by atoms with van der Waals surface area (Å²) >= 11 is 7.85. The van der Waals surface area contributed by atoms with E-state index in [1.54, 1.807) is 6.07 Å². The van der Waals surface area contributed by atoms with Crippen molar-refractivity contribution in [3.8, 4) is 0 Å². The van der Waals surface area contributed by atoms with Gasteiger partial charge in [-0.25, -0.2) is 0 Å². The van der Waals surface area contributed by atoms with E-state index in [2.05, 4.69) is 17.4 Å². The van der Waals surface area contributed by atoms with Crippen LogP contribution in [-0.2, 0) is 10.5 Å². The predicted octanol–water partition coefficient (Wildman–Crippen LogP) is 4.99. The highest BCUT2D eigenvalue weighted by Crippen LogP contribution is 2.21. The van der Waals surface area contributed by atoms with Gasteiger partial charge < -0.3 is 5.32 Å². The van der Waals surface area contributed by atoms with Gasteiger partial charge >= 0.3 is 0 Å². The number of rotatable bonds is 7. The van der Waals surface area contributed by atoms with Gasteiger partial charge in [-0.1, -0.05) is 54.1 Å². The molecule has 110 valence electrons. The number of para-hydroxylation sites is 1. The summed E-state index contributed by atoms with van der Waals surface area (Å²) in [5, 5.41) is 3.41. The zero-order valence-corrected chi connectivity index (χ0v) is 13.3. The molecule has 0 saturated heterocycles. The Morgan fingerprint density at radius 1 is 1.05 bits per heavy atom. The van der Waals surface area contributed by atoms with Crippen LogP contribution in [0.3, 0.4) is 0 Å². The van der Waals surface area contributed by atoms with Crippen molar-refractivity contribution in [3.63, 3.8) is 0 Å². The summed E-state index contributed by atoms with van der Waals surface area (Å²) in [5.74, 6) is 1.99. The molecular formula is C17H18ClNOS. The van der Waals surface area contributed by atoms with Gasteiger partial charge in [0.05, 0.1) is 10.7 Å². The number of anilines is 1. The zero-order chi connectivity index (χ0) is 14.9. The normalized spacial score (nSPS) is 10.3. The first-order chi connectivity index (χ1) is 10.3. The molecule has 0 aliphatic heterocycles. The average Bonchev–Trinajstić information content (AvgIpc) is 2.50. The molecule has 2 nitrogen and oxygen atoms in total. The van der Waals surface area contributed by atoms with E-state index in [0.29, 0.717) is 17.1 Å². The molecule has 0 spiro atoms. The number of amides is 1. The number of hydrogen-bond donors (Lipinski definition) is 1. The number of halogens is 1. The highest BCUT2D eigenvalue weighted by Gasteiger charge is 2.04. The van der Waals surface area contributed by atoms with Crippen molar-refractivity contribution in [2.24, 2.45) is 0 Å². The van der Waals surface area contributed by atoms with Crippen molar-refractivity contribution in [2.45, 2.75) is 18.6 Å². The molecule has 0 saturated carbocycles. The van der Waals surface area contributed by atoms with E-state index in [1.165, 1.54) is 5.56 Å². The molecule has 0 fully saturated rings. The van der Waals surface area contributed by atoms with Crippen molar-refractivity contribution in [3.05, 3.63) is 65.2 Å². The van der Waals surface area contributed by atoms with Gasteiger partial charge in [0.1, 0.15) is 0 Å². The minimum atomic E-state index is 0.0170. The minimum Gasteiger partial charge on any atom is -0.325 e. The maximum Gasteiger partial charge on any atom is 0.224 e. The molecular weight excluding hydrogens is 302 g/mol. The Morgan fingerprint density at radius 3 is 2.52 bits per heavy atom. The molecule has 0 aromatic heterocycles. The van der Waals surface area contributed by atoms with Crippen molar-refractivity contribution in [2.75, 3.05) is 11.1 Å². The second kappa shape index (κ2) is 8.75. The fourth-order valence-electron chi connectivity index (χ4n) is 1.87. The van der Waals surface area contributed by atoms with E-state index >= 15 is 0 Å². The molecule has 4 heteroatoms. The number of thioether (sulfide) groups is 1. The second-order valence-corrected chi connectivity index (χ2v) is 6.18. The molecule has 1 N–H and O–H groups in total. The zero-order valence-electron chi connectivity index (χ0n) is 11.7. The topological polar surface area (TPSA) is 29.1 Å². The molecule has 0 heterocycles. The molecule has 0 radical (unpaired) electrons. The van der Waals surface area contributed by atoms with Crippen molar-refractivity contribution in [1.29, 1.82) is 0 Å². The summed E-state index contributed by atoms with van der Waals surface area (Å²) in [6.07, 6.45) is 1.39. The fourth-order valence-corrected chi connectivity index (χ4v) is 2.98. The van der Waals surface area contributed by atoms with Crippen molar-refractivity contribution >= 4 is 35.0 Å². The Hall–Kier alpha value is -1.45. The summed E-state index contributed by atoms with van der Waals surface area (Å²) in [4.78, 5) is 11.8. The van der Waals surface area contributed by atoms with Crippen molar-refractivity contribution < 1.29 is 4.79 Å². The van der Waals surface area contributed by atoms with Crippen LogP contribution in [0.5, 0.6) is 0 Å². The molecule has 0 bridgehead atoms. The van der Waals surface area contributed by atoms with Crippen molar-refractivity contribution in [1.82, 2.24) is 0 Å². The number of hydrogen-bond acceptors (Lipinski definition) is 2. The van der Waals surface area contributed by atoms with Crippen LogP contribution < -0.4 is 5.32 Å². The van der Waals surface area contributed by atoms with Crippen LogP contribution in [0.2, 0.25) is 5.02 Å². The average molecular weight is 320 g/mol. The van der Waals surface area contributed by atoms with E-state index in [9.17, 15) is 4.79 Å². The van der Waals surface area contributed by atoms with Gasteiger partial charge in [-0.3, -0.25) is 4.79 Å². The molecule has 0 aliphatic carbocycles. The molecule has 21 heavy (non-hydrogen) atoms. The van der Waals surface area contributed by atoms with Crippen LogP contribution in [0.4, 0.5) is 5.69 Å². The molecule has 2 aromatic rings. The second-order valence-electron chi connectivity index (χ2n) is 4.67. The minimum absolute atomic E-state index is 0.0170. The first-order valence-corrected chi connectivity index (χ1v) is 8.45. The van der Waals surface area contributed by atoms with Crippen LogP contribution >= 0.6 is 23.4 Å². The van der Waals surface area contributed by atoms with Gasteiger partial charge in [0.25, 0.3) is 0 Å². The first-order valence-electron chi connectivity index (χ1n) is 6.92. The summed E-state index contributed by atoms with van der Waals surface area (Å²) in [7, 11) is 0. The highest BCUT2D eigenvalue weighted by atomic mass is 35.5. The highest BCUT2D eigenvalue weighted by molar-refractivity contribution is 7.98. The van der Waals surface area contributed by atoms with Gasteiger partial charge in [0, 0.05) is 12.2 Å². The lowest BCUT2D eigenvalue weighted by Gasteiger charge is -2.06. The largest absolute Gasteiger partial charge is 0.325 e. The molecule has 1 amide bonds. The Morgan fingerprint density at radius 2 is 1.76 bits per heavy atom. The Balaban J connectivity index is 1.63. The Kier molecular flexibility index (Phi) is 6.64. The quantitative estimate of drug-likeness (QED) is 0.728. The van der Waals surface area contributed by atoms with Gasteiger partial charge in [-0.15, -0.1) is 0 Å². The molecule has 2 aromatic carbocycles. The monoisotopic (exact) mass is 319 g/mol. The maximum atomic E-state index is 11.8. The van der Waals surface area contributed by atoms with Crippen LogP contribution in [0.25, 0.3) is 0 Å². The molecule has 0 unspecified atom stereocenters. The smallest absolute Gasteiger partial charge is 0.224 e. The summed E-state index contributed by atoms with van der Waals surface area (Å²) in [5.41, 5.74) is 2.00. The summed E-state index contributed by atoms with van der Waals surface area (Å²) < 4.78 is 0. The van der Waals surface area contributed by atoms with E-state index in [-0.39, 0.29) is 5.91 Å². The third-order valence-electron chi connectivity index (χ3n) is 2.95. The molecule has 0 atom stereocenters. The lowest BCUT2D eigenvalue weighted by molar-refractivity contribution is -0.116. The number of carbonyl (C=O) groups is 1. The van der Waals surface area contributed by atoms with Crippen LogP contribution in [0, 0.1) is 0 Å². The molecule has 0 aliphatic rings. The van der Waals surface area contributed by atoms with Crippen LogP contribution in [-0.4, -0.2) is 11.7 Å². The standard InChI is InChI=1S/C17H18ClNOS/c18-15-9-4-5-10-16(15)19-17(20)11-6-12-21-13-14-7-2-1-3-8-14/h1-5,7-10H,6,11-13H2,(H,19,20). The van der Waals surface area contributed by atoms with E-state index < -0.39 is 0 Å². The SMILES string of the molecule is O=C(CCCSCc1ccccc1)Nc1ccccc1Cl. The molecule has 2 rings (SSSR count). The fraction of sp³-hybridized carbons (Fsp3) is 0.235. The number of benzene rings is 2. The van der Waals surface area contributed by atoms with E-state index in [0.717, 1.165) is 17.9 Å². The van der Waals surface area contributed by atoms with E-state index in [4.69, 9.17) is 11.6 Å².